The van der Waals surface area contributed by atoms with Gasteiger partial charge in [0, 0.05) is 19.6 Å². The van der Waals surface area contributed by atoms with Crippen molar-refractivity contribution in [3.05, 3.63) is 35.9 Å². The van der Waals surface area contributed by atoms with Gasteiger partial charge in [0.1, 0.15) is 13.1 Å². The smallest absolute Gasteiger partial charge is 0.103 e. The molecular formula is C16H25ClN2O. The maximum atomic E-state index is 5.50. The van der Waals surface area contributed by atoms with Crippen molar-refractivity contribution in [1.29, 1.82) is 0 Å². The Kier molecular flexibility index (Phi) is 5.85. The van der Waals surface area contributed by atoms with E-state index in [1.165, 1.54) is 62.3 Å². The van der Waals surface area contributed by atoms with E-state index in [1.807, 2.05) is 0 Å². The first kappa shape index (κ1) is 15.8. The zero-order chi connectivity index (χ0) is 13.0. The lowest BCUT2D eigenvalue weighted by Gasteiger charge is -2.46. The highest BCUT2D eigenvalue weighted by Crippen LogP contribution is 2.16. The Hall–Kier alpha value is -0.610. The summed E-state index contributed by atoms with van der Waals surface area (Å²) in [5.41, 5.74) is 1.46. The van der Waals surface area contributed by atoms with Gasteiger partial charge in [-0.2, -0.15) is 0 Å². The Morgan fingerprint density at radius 1 is 0.950 bits per heavy atom. The summed E-state index contributed by atoms with van der Waals surface area (Å²) in [6, 6.07) is 10.8. The standard InChI is InChI=1S/C16H25N2O.ClH/c1-2-4-16(5-3-1)6-7-17-8-10-18(11-9-17)12-14-19-15-13-18;/h1-5H,6-15H2;1H/q+1;/p-1. The fourth-order valence-electron chi connectivity index (χ4n) is 3.26. The summed E-state index contributed by atoms with van der Waals surface area (Å²) in [6.45, 7) is 10.7. The van der Waals surface area contributed by atoms with Gasteiger partial charge in [0.2, 0.25) is 0 Å². The largest absolute Gasteiger partial charge is 1.00 e. The summed E-state index contributed by atoms with van der Waals surface area (Å²) in [5.74, 6) is 0. The molecule has 0 aromatic heterocycles. The highest BCUT2D eigenvalue weighted by Gasteiger charge is 2.34. The third-order valence-corrected chi connectivity index (χ3v) is 4.76. The van der Waals surface area contributed by atoms with Gasteiger partial charge in [-0.3, -0.25) is 4.90 Å². The molecule has 2 fully saturated rings. The van der Waals surface area contributed by atoms with E-state index in [-0.39, 0.29) is 12.4 Å². The first-order valence-electron chi connectivity index (χ1n) is 7.56. The summed E-state index contributed by atoms with van der Waals surface area (Å²) in [5, 5.41) is 0. The second-order valence-corrected chi connectivity index (χ2v) is 5.93. The minimum Gasteiger partial charge on any atom is -1.00 e. The van der Waals surface area contributed by atoms with Crippen LogP contribution in [-0.2, 0) is 11.2 Å². The molecule has 1 aromatic rings. The van der Waals surface area contributed by atoms with Crippen LogP contribution in [0.15, 0.2) is 30.3 Å². The van der Waals surface area contributed by atoms with E-state index >= 15 is 0 Å². The number of rotatable bonds is 3. The van der Waals surface area contributed by atoms with Gasteiger partial charge in [-0.05, 0) is 12.0 Å². The average Bonchev–Trinajstić information content (AvgIpc) is 2.49. The summed E-state index contributed by atoms with van der Waals surface area (Å²) in [6.07, 6.45) is 1.18. The molecule has 0 aliphatic carbocycles. The predicted molar refractivity (Wildman–Crippen MR) is 77.1 cm³/mol. The monoisotopic (exact) mass is 296 g/mol. The summed E-state index contributed by atoms with van der Waals surface area (Å²) in [4.78, 5) is 2.63. The van der Waals surface area contributed by atoms with E-state index in [0.717, 1.165) is 13.2 Å². The molecule has 20 heavy (non-hydrogen) atoms. The lowest BCUT2D eigenvalue weighted by molar-refractivity contribution is -0.938. The molecule has 0 saturated carbocycles. The normalized spacial score (nSPS) is 22.4. The molecule has 112 valence electrons. The molecule has 0 radical (unpaired) electrons. The third kappa shape index (κ3) is 3.95. The minimum absolute atomic E-state index is 0. The van der Waals surface area contributed by atoms with E-state index < -0.39 is 0 Å². The van der Waals surface area contributed by atoms with Gasteiger partial charge in [0.05, 0.1) is 26.3 Å². The molecule has 1 aromatic carbocycles. The fourth-order valence-corrected chi connectivity index (χ4v) is 3.26. The van der Waals surface area contributed by atoms with Crippen molar-refractivity contribution in [2.24, 2.45) is 0 Å². The fraction of sp³-hybridized carbons (Fsp3) is 0.625. The number of piperazine rings is 1. The maximum absolute atomic E-state index is 5.50. The van der Waals surface area contributed by atoms with Crippen molar-refractivity contribution in [1.82, 2.24) is 4.90 Å². The number of nitrogens with zero attached hydrogens (tertiary/aromatic N) is 2. The van der Waals surface area contributed by atoms with Crippen molar-refractivity contribution in [3.63, 3.8) is 0 Å². The number of ether oxygens (including phenoxy) is 1. The first-order chi connectivity index (χ1) is 9.36. The van der Waals surface area contributed by atoms with E-state index in [4.69, 9.17) is 4.74 Å². The van der Waals surface area contributed by atoms with Crippen LogP contribution in [0.3, 0.4) is 0 Å². The van der Waals surface area contributed by atoms with Gasteiger partial charge < -0.3 is 21.6 Å². The van der Waals surface area contributed by atoms with Crippen LogP contribution in [0.2, 0.25) is 0 Å². The Morgan fingerprint density at radius 2 is 1.60 bits per heavy atom. The van der Waals surface area contributed by atoms with Gasteiger partial charge >= 0.3 is 0 Å². The summed E-state index contributed by atoms with van der Waals surface area (Å²) in [7, 11) is 0. The van der Waals surface area contributed by atoms with Crippen molar-refractivity contribution in [2.45, 2.75) is 6.42 Å². The maximum Gasteiger partial charge on any atom is 0.103 e. The Balaban J connectivity index is 0.00000147. The molecule has 2 aliphatic rings. The molecule has 0 unspecified atom stereocenters. The number of hydrogen-bond donors (Lipinski definition) is 0. The molecule has 0 bridgehead atoms. The van der Waals surface area contributed by atoms with Crippen LogP contribution in [0.5, 0.6) is 0 Å². The molecule has 3 rings (SSSR count). The average molecular weight is 297 g/mol. The van der Waals surface area contributed by atoms with Crippen LogP contribution in [0, 0.1) is 0 Å². The Bertz CT molecular complexity index is 383. The highest BCUT2D eigenvalue weighted by atomic mass is 35.5. The molecule has 0 amide bonds. The van der Waals surface area contributed by atoms with Gasteiger partial charge in [0.15, 0.2) is 0 Å². The second kappa shape index (κ2) is 7.41. The summed E-state index contributed by atoms with van der Waals surface area (Å²) < 4.78 is 6.81. The number of hydrogen-bond acceptors (Lipinski definition) is 2. The van der Waals surface area contributed by atoms with Gasteiger partial charge in [-0.25, -0.2) is 0 Å². The molecule has 0 atom stereocenters. The number of benzene rings is 1. The number of halogens is 1. The van der Waals surface area contributed by atoms with Crippen molar-refractivity contribution in [3.8, 4) is 0 Å². The Morgan fingerprint density at radius 3 is 2.25 bits per heavy atom. The van der Waals surface area contributed by atoms with E-state index in [0.29, 0.717) is 0 Å². The van der Waals surface area contributed by atoms with Crippen molar-refractivity contribution < 1.29 is 21.6 Å². The molecule has 1 spiro atoms. The predicted octanol–water partition coefficient (Wildman–Crippen LogP) is -1.60. The van der Waals surface area contributed by atoms with Crippen LogP contribution in [-0.4, -0.2) is 68.4 Å². The molecule has 0 N–H and O–H groups in total. The first-order valence-corrected chi connectivity index (χ1v) is 7.56. The van der Waals surface area contributed by atoms with Crippen LogP contribution >= 0.6 is 0 Å². The summed E-state index contributed by atoms with van der Waals surface area (Å²) >= 11 is 0. The van der Waals surface area contributed by atoms with Gasteiger partial charge in [0.25, 0.3) is 0 Å². The van der Waals surface area contributed by atoms with Gasteiger partial charge in [-0.1, -0.05) is 30.3 Å². The van der Waals surface area contributed by atoms with E-state index in [2.05, 4.69) is 35.2 Å². The molecule has 2 heterocycles. The zero-order valence-corrected chi connectivity index (χ0v) is 12.9. The highest BCUT2D eigenvalue weighted by molar-refractivity contribution is 5.14. The lowest BCUT2D eigenvalue weighted by atomic mass is 10.1. The van der Waals surface area contributed by atoms with Crippen LogP contribution in [0.1, 0.15) is 5.56 Å². The molecule has 3 nitrogen and oxygen atoms in total. The van der Waals surface area contributed by atoms with Crippen LogP contribution in [0.4, 0.5) is 0 Å². The minimum atomic E-state index is 0. The van der Waals surface area contributed by atoms with Gasteiger partial charge in [-0.15, -0.1) is 0 Å². The zero-order valence-electron chi connectivity index (χ0n) is 12.1. The lowest BCUT2D eigenvalue weighted by Crippen LogP contribution is -3.00. The number of morpholine rings is 1. The Labute approximate surface area is 128 Å². The molecule has 2 saturated heterocycles. The van der Waals surface area contributed by atoms with Crippen LogP contribution in [0.25, 0.3) is 0 Å². The quantitative estimate of drug-likeness (QED) is 0.623. The van der Waals surface area contributed by atoms with Crippen molar-refractivity contribution in [2.75, 3.05) is 59.0 Å². The molecular weight excluding hydrogens is 272 g/mol. The van der Waals surface area contributed by atoms with E-state index in [9.17, 15) is 0 Å². The topological polar surface area (TPSA) is 12.5 Å². The molecule has 4 heteroatoms. The van der Waals surface area contributed by atoms with Crippen molar-refractivity contribution >= 4 is 0 Å². The SMILES string of the molecule is [Cl-].c1ccc(CCN2CC[N+]3(CCOCC3)CC2)cc1. The second-order valence-electron chi connectivity index (χ2n) is 5.93. The third-order valence-electron chi connectivity index (χ3n) is 4.76. The van der Waals surface area contributed by atoms with E-state index in [1.54, 1.807) is 0 Å². The number of quaternary nitrogens is 1. The molecule has 2 aliphatic heterocycles. The van der Waals surface area contributed by atoms with Crippen LogP contribution < -0.4 is 12.4 Å².